The first kappa shape index (κ1) is 24.3. The van der Waals surface area contributed by atoms with Gasteiger partial charge in [0.15, 0.2) is 9.77 Å². The van der Waals surface area contributed by atoms with Crippen LogP contribution in [0, 0.1) is 0 Å². The molecule has 3 atom stereocenters. The third-order valence-electron chi connectivity index (χ3n) is 4.72. The van der Waals surface area contributed by atoms with E-state index in [0.29, 0.717) is 0 Å². The molecule has 0 heterocycles. The average Bonchev–Trinajstić information content (AvgIpc) is 2.42. The van der Waals surface area contributed by atoms with Crippen molar-refractivity contribution < 1.29 is 0 Å². The highest BCUT2D eigenvalue weighted by Crippen LogP contribution is 2.62. The Morgan fingerprint density at radius 2 is 0.850 bits per heavy atom. The topological polar surface area (TPSA) is 0 Å². The third kappa shape index (κ3) is 4.72. The molecule has 20 heavy (non-hydrogen) atoms. The minimum absolute atomic E-state index is 0.946. The van der Waals surface area contributed by atoms with Gasteiger partial charge in [-0.2, -0.15) is 0 Å². The minimum Gasteiger partial charge on any atom is -0.121 e. The van der Waals surface area contributed by atoms with Crippen molar-refractivity contribution >= 4 is 119 Å². The summed E-state index contributed by atoms with van der Waals surface area (Å²) in [6, 6.07) is 0. The van der Waals surface area contributed by atoms with Crippen LogP contribution in [0.3, 0.4) is 0 Å². The van der Waals surface area contributed by atoms with Crippen LogP contribution >= 0.6 is 109 Å². The van der Waals surface area contributed by atoms with Crippen LogP contribution in [0.5, 0.6) is 0 Å². The molecular formula is C12H27I5Si3. The lowest BCUT2D eigenvalue weighted by atomic mass is 10.4. The van der Waals surface area contributed by atoms with Crippen molar-refractivity contribution in [2.75, 3.05) is 0 Å². The van der Waals surface area contributed by atoms with Gasteiger partial charge in [-0.25, -0.2) is 0 Å². The van der Waals surface area contributed by atoms with E-state index in [0.717, 1.165) is 16.6 Å². The van der Waals surface area contributed by atoms with Crippen LogP contribution in [0.15, 0.2) is 0 Å². The van der Waals surface area contributed by atoms with E-state index >= 15 is 0 Å². The average molecular weight is 890 g/mol. The van der Waals surface area contributed by atoms with Crippen LogP contribution in [0.4, 0.5) is 0 Å². The van der Waals surface area contributed by atoms with Gasteiger partial charge >= 0.3 is 0 Å². The summed E-state index contributed by atoms with van der Waals surface area (Å²) >= 11 is 15.1. The van der Waals surface area contributed by atoms with Crippen LogP contribution in [0.25, 0.3) is 0 Å². The second kappa shape index (κ2) is 9.85. The Morgan fingerprint density at radius 1 is 0.600 bits per heavy atom. The Labute approximate surface area is 192 Å². The molecule has 0 aromatic rings. The van der Waals surface area contributed by atoms with Crippen LogP contribution in [-0.2, 0) is 0 Å². The zero-order valence-corrected chi connectivity index (χ0v) is 27.0. The van der Waals surface area contributed by atoms with Gasteiger partial charge in [-0.3, -0.25) is 0 Å². The van der Waals surface area contributed by atoms with E-state index in [1.54, 1.807) is 0 Å². The Morgan fingerprint density at radius 3 is 1.05 bits per heavy atom. The normalized spacial score (nSPS) is 21.1. The van der Waals surface area contributed by atoms with Gasteiger partial charge in [0.2, 0.25) is 0 Å². The quantitative estimate of drug-likeness (QED) is 0.130. The summed E-state index contributed by atoms with van der Waals surface area (Å²) in [5.74, 6) is 0. The summed E-state index contributed by atoms with van der Waals surface area (Å²) in [7, 11) is 0. The molecule has 0 rings (SSSR count). The lowest BCUT2D eigenvalue weighted by Gasteiger charge is -2.51. The molecule has 0 aliphatic heterocycles. The Kier molecular flexibility index (Phi) is 12.0. The molecule has 8 heteroatoms. The maximum absolute atomic E-state index is 3.10. The summed E-state index contributed by atoms with van der Waals surface area (Å²) in [5.41, 5.74) is 2.86. The number of hydrogen-bond acceptors (Lipinski definition) is 0. The summed E-state index contributed by atoms with van der Waals surface area (Å²) < 4.78 is -3.77. The zero-order chi connectivity index (χ0) is 16.4. The molecule has 0 fully saturated rings. The maximum atomic E-state index is 3.10. The fourth-order valence-electron chi connectivity index (χ4n) is 2.39. The molecule has 0 bridgehead atoms. The van der Waals surface area contributed by atoms with Crippen LogP contribution in [-0.4, -0.2) is 9.77 Å². The lowest BCUT2D eigenvalue weighted by Crippen LogP contribution is -2.69. The van der Waals surface area contributed by atoms with E-state index in [1.807, 2.05) is 0 Å². The van der Waals surface area contributed by atoms with E-state index in [1.165, 1.54) is 19.3 Å². The molecule has 0 radical (unpaired) electrons. The van der Waals surface area contributed by atoms with Gasteiger partial charge in [0, 0.05) is 0 Å². The number of rotatable bonds is 8. The van der Waals surface area contributed by atoms with Crippen molar-refractivity contribution in [3.63, 3.8) is 0 Å². The molecule has 0 aliphatic carbocycles. The van der Waals surface area contributed by atoms with Crippen molar-refractivity contribution in [1.29, 1.82) is 0 Å². The molecule has 0 saturated heterocycles. The molecule has 0 N–H and O–H groups in total. The molecular weight excluding hydrogens is 863 g/mol. The molecule has 0 aromatic carbocycles. The standard InChI is InChI=1S/C12H27I5Si3/c1-7-10(4)18(13,14)20(17,12(6)9-3)19(15,16)11(5)8-2/h10-12H,7-9H2,1-6H3. The highest BCUT2D eigenvalue weighted by Gasteiger charge is 2.68. The smallest absolute Gasteiger partial charge is 0.121 e. The van der Waals surface area contributed by atoms with E-state index in [-0.39, 0.29) is 0 Å². The highest BCUT2D eigenvalue weighted by molar-refractivity contribution is 14.3. The lowest BCUT2D eigenvalue weighted by molar-refractivity contribution is 0.846. The molecule has 0 spiro atoms. The molecule has 0 saturated carbocycles. The monoisotopic (exact) mass is 890 g/mol. The Balaban J connectivity index is 6.00. The first-order chi connectivity index (χ1) is 8.94. The number of halogens is 5. The summed E-state index contributed by atoms with van der Waals surface area (Å²) in [6.45, 7) is 14.9. The van der Waals surface area contributed by atoms with Crippen molar-refractivity contribution in [2.24, 2.45) is 0 Å². The summed E-state index contributed by atoms with van der Waals surface area (Å²) in [5, 5.41) is 0. The van der Waals surface area contributed by atoms with Gasteiger partial charge in [0.1, 0.15) is 0 Å². The van der Waals surface area contributed by atoms with Crippen molar-refractivity contribution in [3.05, 3.63) is 0 Å². The largest absolute Gasteiger partial charge is 0.196 e. The van der Waals surface area contributed by atoms with Gasteiger partial charge in [0.25, 0.3) is 0 Å². The van der Waals surface area contributed by atoms with E-state index in [9.17, 15) is 0 Å². The van der Waals surface area contributed by atoms with Crippen LogP contribution < -0.4 is 0 Å². The predicted molar refractivity (Wildman–Crippen MR) is 147 cm³/mol. The van der Waals surface area contributed by atoms with E-state index in [2.05, 4.69) is 151 Å². The van der Waals surface area contributed by atoms with Crippen molar-refractivity contribution in [3.8, 4) is 0 Å². The van der Waals surface area contributed by atoms with Gasteiger partial charge in [-0.05, 0) is 16.6 Å². The second-order valence-electron chi connectivity index (χ2n) is 5.89. The van der Waals surface area contributed by atoms with Gasteiger partial charge in [-0.15, -0.1) is 109 Å². The zero-order valence-electron chi connectivity index (χ0n) is 13.2. The van der Waals surface area contributed by atoms with E-state index in [4.69, 9.17) is 0 Å². The van der Waals surface area contributed by atoms with Crippen molar-refractivity contribution in [2.45, 2.75) is 77.4 Å². The van der Waals surface area contributed by atoms with Gasteiger partial charge in [0.05, 0.1) is 0 Å². The molecule has 0 aliphatic rings. The first-order valence-corrected chi connectivity index (χ1v) is 31.2. The molecule has 0 nitrogen and oxygen atoms in total. The Bertz CT molecular complexity index is 289. The Hall–Kier alpha value is 4.30. The summed E-state index contributed by atoms with van der Waals surface area (Å²) in [6.07, 6.45) is 4.11. The molecule has 3 unspecified atom stereocenters. The minimum atomic E-state index is -1.28. The fourth-order valence-corrected chi connectivity index (χ4v) is 165. The van der Waals surface area contributed by atoms with Gasteiger partial charge in [-0.1, -0.05) is 60.8 Å². The van der Waals surface area contributed by atoms with Crippen molar-refractivity contribution in [1.82, 2.24) is 0 Å². The number of hydrogen-bond donors (Lipinski definition) is 0. The second-order valence-corrected chi connectivity index (χ2v) is 79.9. The highest BCUT2D eigenvalue weighted by atomic mass is 127. The predicted octanol–water partition coefficient (Wildman–Crippen LogP) is 8.55. The first-order valence-electron chi connectivity index (χ1n) is 7.39. The summed E-state index contributed by atoms with van der Waals surface area (Å²) in [4.78, 5) is 0. The van der Waals surface area contributed by atoms with Crippen LogP contribution in [0.2, 0.25) is 16.6 Å². The maximum Gasteiger partial charge on any atom is 0.196 e. The fraction of sp³-hybridized carbons (Fsp3) is 1.00. The molecule has 122 valence electrons. The van der Waals surface area contributed by atoms with Crippen LogP contribution in [0.1, 0.15) is 60.8 Å². The SMILES string of the molecule is CCC(C)[Si](I)(I)[Si](I)(C(C)CC)[Si](I)(I)C(C)CC. The third-order valence-corrected chi connectivity index (χ3v) is 148. The molecule has 0 amide bonds. The van der Waals surface area contributed by atoms with Gasteiger partial charge < -0.3 is 0 Å². The van der Waals surface area contributed by atoms with E-state index < -0.39 is 9.77 Å². The molecule has 0 aromatic heterocycles.